The lowest BCUT2D eigenvalue weighted by Crippen LogP contribution is -2.19. The van der Waals surface area contributed by atoms with Gasteiger partial charge in [-0.15, -0.1) is 0 Å². The molecule has 4 nitrogen and oxygen atoms in total. The minimum Gasteiger partial charge on any atom is -0.461 e. The Labute approximate surface area is 155 Å². The molecule has 0 aliphatic heterocycles. The molecule has 2 aromatic carbocycles. The molecule has 0 spiro atoms. The molecule has 0 aromatic heterocycles. The molecule has 0 heterocycles. The fourth-order valence-electron chi connectivity index (χ4n) is 2.68. The van der Waals surface area contributed by atoms with Crippen LogP contribution in [0.4, 0.5) is 0 Å². The van der Waals surface area contributed by atoms with Gasteiger partial charge in [-0.25, -0.2) is 0 Å². The Balaban J connectivity index is 1.75. The molecule has 0 amide bonds. The normalized spacial score (nSPS) is 11.6. The lowest BCUT2D eigenvalue weighted by molar-refractivity contribution is -0.151. The highest BCUT2D eigenvalue weighted by Crippen LogP contribution is 2.17. The zero-order chi connectivity index (χ0) is 18.6. The van der Waals surface area contributed by atoms with Crippen molar-refractivity contribution in [1.82, 2.24) is 0 Å². The Bertz CT molecular complexity index is 667. The quantitative estimate of drug-likeness (QED) is 0.582. The number of rotatable bonds is 10. The fraction of sp³-hybridized carbons (Fsp3) is 0.364. The van der Waals surface area contributed by atoms with Gasteiger partial charge in [0.25, 0.3) is 0 Å². The van der Waals surface area contributed by atoms with E-state index in [4.69, 9.17) is 9.47 Å². The summed E-state index contributed by atoms with van der Waals surface area (Å²) in [6.45, 7) is 2.54. The van der Waals surface area contributed by atoms with E-state index in [0.29, 0.717) is 12.8 Å². The van der Waals surface area contributed by atoms with Crippen LogP contribution in [-0.4, -0.2) is 11.9 Å². The highest BCUT2D eigenvalue weighted by Gasteiger charge is 2.21. The minimum atomic E-state index is -0.286. The molecule has 2 rings (SSSR count). The van der Waals surface area contributed by atoms with Gasteiger partial charge in [-0.2, -0.15) is 0 Å². The van der Waals surface area contributed by atoms with Crippen LogP contribution in [0.1, 0.15) is 43.7 Å². The molecule has 0 radical (unpaired) electrons. The lowest BCUT2D eigenvalue weighted by Gasteiger charge is -2.15. The molecule has 0 N–H and O–H groups in total. The summed E-state index contributed by atoms with van der Waals surface area (Å²) < 4.78 is 10.7. The molecule has 0 saturated carbocycles. The number of carbonyl (C=O) groups is 2. The molecule has 138 valence electrons. The number of hydrogen-bond acceptors (Lipinski definition) is 4. The molecule has 4 heteroatoms. The lowest BCUT2D eigenvalue weighted by atomic mass is 9.98. The van der Waals surface area contributed by atoms with Gasteiger partial charge in [0.15, 0.2) is 0 Å². The highest BCUT2D eigenvalue weighted by atomic mass is 16.5. The smallest absolute Gasteiger partial charge is 0.309 e. The average Bonchev–Trinajstić information content (AvgIpc) is 2.69. The van der Waals surface area contributed by atoms with Crippen molar-refractivity contribution in [2.75, 3.05) is 0 Å². The van der Waals surface area contributed by atoms with E-state index in [9.17, 15) is 9.59 Å². The van der Waals surface area contributed by atoms with E-state index in [0.717, 1.165) is 17.5 Å². The molecule has 0 aliphatic carbocycles. The maximum Gasteiger partial charge on any atom is 0.309 e. The van der Waals surface area contributed by atoms with Crippen LogP contribution < -0.4 is 0 Å². The zero-order valence-electron chi connectivity index (χ0n) is 15.2. The van der Waals surface area contributed by atoms with Crippen molar-refractivity contribution in [3.05, 3.63) is 71.8 Å². The van der Waals surface area contributed by atoms with E-state index in [2.05, 4.69) is 0 Å². The number of ether oxygens (including phenoxy) is 2. The van der Waals surface area contributed by atoms with Crippen LogP contribution in [0.5, 0.6) is 0 Å². The zero-order valence-corrected chi connectivity index (χ0v) is 15.2. The first-order valence-electron chi connectivity index (χ1n) is 9.09. The molecule has 1 atom stereocenters. The first-order chi connectivity index (χ1) is 12.7. The van der Waals surface area contributed by atoms with Crippen LogP contribution in [0, 0.1) is 5.92 Å². The second-order valence-corrected chi connectivity index (χ2v) is 6.26. The van der Waals surface area contributed by atoms with Crippen molar-refractivity contribution in [3.63, 3.8) is 0 Å². The first kappa shape index (κ1) is 19.7. The van der Waals surface area contributed by atoms with E-state index >= 15 is 0 Å². The van der Waals surface area contributed by atoms with Crippen LogP contribution in [-0.2, 0) is 32.3 Å². The highest BCUT2D eigenvalue weighted by molar-refractivity contribution is 5.74. The monoisotopic (exact) mass is 354 g/mol. The minimum absolute atomic E-state index is 0.220. The average molecular weight is 354 g/mol. The second kappa shape index (κ2) is 11.1. The molecule has 0 fully saturated rings. The maximum atomic E-state index is 12.3. The summed E-state index contributed by atoms with van der Waals surface area (Å²) in [4.78, 5) is 24.3. The second-order valence-electron chi connectivity index (χ2n) is 6.26. The van der Waals surface area contributed by atoms with Gasteiger partial charge in [0, 0.05) is 6.42 Å². The van der Waals surface area contributed by atoms with E-state index in [1.54, 1.807) is 0 Å². The number of esters is 2. The Kier molecular flexibility index (Phi) is 8.40. The molecular weight excluding hydrogens is 328 g/mol. The maximum absolute atomic E-state index is 12.3. The van der Waals surface area contributed by atoms with Gasteiger partial charge in [-0.3, -0.25) is 9.59 Å². The first-order valence-corrected chi connectivity index (χ1v) is 9.09. The van der Waals surface area contributed by atoms with Crippen molar-refractivity contribution in [1.29, 1.82) is 0 Å². The molecule has 26 heavy (non-hydrogen) atoms. The molecule has 2 aromatic rings. The Hall–Kier alpha value is -2.62. The van der Waals surface area contributed by atoms with E-state index in [-0.39, 0.29) is 37.5 Å². The number of benzene rings is 2. The van der Waals surface area contributed by atoms with Crippen molar-refractivity contribution in [2.24, 2.45) is 5.92 Å². The van der Waals surface area contributed by atoms with Crippen LogP contribution in [0.15, 0.2) is 60.7 Å². The summed E-state index contributed by atoms with van der Waals surface area (Å²) in [7, 11) is 0. The molecule has 0 aliphatic rings. The summed E-state index contributed by atoms with van der Waals surface area (Å²) in [6, 6.07) is 19.1. The number of hydrogen-bond donors (Lipinski definition) is 0. The van der Waals surface area contributed by atoms with Crippen LogP contribution >= 0.6 is 0 Å². The van der Waals surface area contributed by atoms with Gasteiger partial charge in [0.1, 0.15) is 13.2 Å². The third-order valence-corrected chi connectivity index (χ3v) is 4.13. The van der Waals surface area contributed by atoms with Gasteiger partial charge in [0.2, 0.25) is 0 Å². The predicted molar refractivity (Wildman–Crippen MR) is 100 cm³/mol. The SMILES string of the molecule is CCCC(CCC(=O)OCc1ccccc1)C(=O)OCc1ccccc1. The standard InChI is InChI=1S/C22H26O4/c1-2-9-20(22(24)26-17-19-12-7-4-8-13-19)14-15-21(23)25-16-18-10-5-3-6-11-18/h3-8,10-13,20H,2,9,14-17H2,1H3. The Morgan fingerprint density at radius 1 is 0.808 bits per heavy atom. The Morgan fingerprint density at radius 2 is 1.35 bits per heavy atom. The van der Waals surface area contributed by atoms with Crippen molar-refractivity contribution >= 4 is 11.9 Å². The van der Waals surface area contributed by atoms with Crippen LogP contribution in [0.25, 0.3) is 0 Å². The van der Waals surface area contributed by atoms with Gasteiger partial charge < -0.3 is 9.47 Å². The van der Waals surface area contributed by atoms with Gasteiger partial charge in [0.05, 0.1) is 5.92 Å². The van der Waals surface area contributed by atoms with E-state index in [1.807, 2.05) is 67.6 Å². The topological polar surface area (TPSA) is 52.6 Å². The van der Waals surface area contributed by atoms with Crippen molar-refractivity contribution in [2.45, 2.75) is 45.8 Å². The summed E-state index contributed by atoms with van der Waals surface area (Å²) in [5.74, 6) is -0.801. The van der Waals surface area contributed by atoms with Crippen LogP contribution in [0.2, 0.25) is 0 Å². The molecule has 0 bridgehead atoms. The molecule has 1 unspecified atom stereocenters. The summed E-state index contributed by atoms with van der Waals surface area (Å²) in [5.41, 5.74) is 1.91. The number of carbonyl (C=O) groups excluding carboxylic acids is 2. The molecular formula is C22H26O4. The van der Waals surface area contributed by atoms with Gasteiger partial charge in [-0.1, -0.05) is 74.0 Å². The fourth-order valence-corrected chi connectivity index (χ4v) is 2.68. The Morgan fingerprint density at radius 3 is 1.88 bits per heavy atom. The van der Waals surface area contributed by atoms with E-state index in [1.165, 1.54) is 0 Å². The molecule has 0 saturated heterocycles. The van der Waals surface area contributed by atoms with Crippen molar-refractivity contribution < 1.29 is 19.1 Å². The summed E-state index contributed by atoms with van der Waals surface area (Å²) in [6.07, 6.45) is 2.25. The van der Waals surface area contributed by atoms with Gasteiger partial charge in [-0.05, 0) is 24.0 Å². The van der Waals surface area contributed by atoms with Crippen molar-refractivity contribution in [3.8, 4) is 0 Å². The third kappa shape index (κ3) is 7.09. The largest absolute Gasteiger partial charge is 0.461 e. The third-order valence-electron chi connectivity index (χ3n) is 4.13. The summed E-state index contributed by atoms with van der Waals surface area (Å²) >= 11 is 0. The van der Waals surface area contributed by atoms with Gasteiger partial charge >= 0.3 is 11.9 Å². The van der Waals surface area contributed by atoms with E-state index < -0.39 is 0 Å². The summed E-state index contributed by atoms with van der Waals surface area (Å²) in [5, 5.41) is 0. The predicted octanol–water partition coefficient (Wildman–Crippen LogP) is 4.67. The van der Waals surface area contributed by atoms with Crippen LogP contribution in [0.3, 0.4) is 0 Å².